The smallest absolute Gasteiger partial charge is 0.247 e. The van der Waals surface area contributed by atoms with Crippen LogP contribution in [0.15, 0.2) is 76.7 Å². The van der Waals surface area contributed by atoms with Crippen molar-refractivity contribution in [3.05, 3.63) is 66.7 Å². The molecule has 1 aromatic heterocycles. The van der Waals surface area contributed by atoms with Gasteiger partial charge in [-0.3, -0.25) is 0 Å². The predicted octanol–water partition coefficient (Wildman–Crippen LogP) is 3.67. The Bertz CT molecular complexity index is 931. The molecular weight excluding hydrogens is 342 g/mol. The molecule has 0 fully saturated rings. The zero-order valence-electron chi connectivity index (χ0n) is 12.9. The lowest BCUT2D eigenvalue weighted by atomic mass is 10.1. The van der Waals surface area contributed by atoms with Gasteiger partial charge in [0.1, 0.15) is 5.03 Å². The Kier molecular flexibility index (Phi) is 4.82. The van der Waals surface area contributed by atoms with E-state index in [1.165, 1.54) is 23.9 Å². The Balaban J connectivity index is 1.99. The molecule has 1 N–H and O–H groups in total. The minimum absolute atomic E-state index is 0.0598. The second-order valence-electron chi connectivity index (χ2n) is 4.90. The predicted molar refractivity (Wildman–Crippen MR) is 96.5 cm³/mol. The first-order chi connectivity index (χ1) is 11.6. The van der Waals surface area contributed by atoms with Crippen LogP contribution in [-0.4, -0.2) is 24.6 Å². The topological polar surface area (TPSA) is 72.0 Å². The average Bonchev–Trinajstić information content (AvgIpc) is 2.62. The monoisotopic (exact) mass is 357 g/mol. The number of benzene rings is 2. The number of sulfonamides is 1. The summed E-state index contributed by atoms with van der Waals surface area (Å²) in [5.74, 6) is 0.0598. The second-order valence-corrected chi connectivity index (χ2v) is 7.41. The Hall–Kier alpha value is -2.38. The van der Waals surface area contributed by atoms with Crippen molar-refractivity contribution in [2.45, 2.75) is 9.92 Å². The van der Waals surface area contributed by atoms with Crippen LogP contribution in [0.3, 0.4) is 0 Å². The Morgan fingerprint density at radius 1 is 0.917 bits per heavy atom. The highest BCUT2D eigenvalue weighted by molar-refractivity contribution is 7.98. The van der Waals surface area contributed by atoms with Gasteiger partial charge in [0, 0.05) is 5.56 Å². The molecule has 0 aliphatic heterocycles. The van der Waals surface area contributed by atoms with E-state index in [0.717, 1.165) is 5.56 Å². The van der Waals surface area contributed by atoms with Crippen LogP contribution < -0.4 is 4.72 Å². The standard InChI is InChI=1S/C17H15N3O2S2/c1-23-16-12-15(13-8-4-2-5-9-13)18-17(19-16)20-24(21,22)14-10-6-3-7-11-14/h2-12H,1H3,(H,18,19,20). The van der Waals surface area contributed by atoms with Gasteiger partial charge in [-0.2, -0.15) is 0 Å². The summed E-state index contributed by atoms with van der Waals surface area (Å²) in [6.07, 6.45) is 1.88. The van der Waals surface area contributed by atoms with Gasteiger partial charge >= 0.3 is 0 Å². The maximum atomic E-state index is 12.5. The van der Waals surface area contributed by atoms with Gasteiger partial charge in [-0.05, 0) is 24.5 Å². The molecule has 0 spiro atoms. The van der Waals surface area contributed by atoms with E-state index in [-0.39, 0.29) is 10.8 Å². The lowest BCUT2D eigenvalue weighted by Crippen LogP contribution is -2.15. The van der Waals surface area contributed by atoms with Gasteiger partial charge in [0.15, 0.2) is 0 Å². The third kappa shape index (κ3) is 3.74. The molecule has 0 saturated heterocycles. The molecule has 2 aromatic carbocycles. The van der Waals surface area contributed by atoms with Gasteiger partial charge in [0.2, 0.25) is 5.95 Å². The van der Waals surface area contributed by atoms with Crippen molar-refractivity contribution < 1.29 is 8.42 Å². The summed E-state index contributed by atoms with van der Waals surface area (Å²) in [4.78, 5) is 8.77. The van der Waals surface area contributed by atoms with E-state index >= 15 is 0 Å². The van der Waals surface area contributed by atoms with E-state index < -0.39 is 10.0 Å². The molecule has 0 radical (unpaired) electrons. The number of anilines is 1. The highest BCUT2D eigenvalue weighted by Crippen LogP contribution is 2.24. The number of hydrogen-bond donors (Lipinski definition) is 1. The molecule has 0 amide bonds. The Morgan fingerprint density at radius 2 is 1.54 bits per heavy atom. The summed E-state index contributed by atoms with van der Waals surface area (Å²) in [5.41, 5.74) is 1.57. The fourth-order valence-electron chi connectivity index (χ4n) is 2.11. The second kappa shape index (κ2) is 7.02. The first kappa shape index (κ1) is 16.5. The molecular formula is C17H15N3O2S2. The van der Waals surface area contributed by atoms with Gasteiger partial charge in [-0.15, -0.1) is 11.8 Å². The van der Waals surface area contributed by atoms with Crippen molar-refractivity contribution in [3.63, 3.8) is 0 Å². The molecule has 5 nitrogen and oxygen atoms in total. The third-order valence-corrected chi connectivity index (χ3v) is 5.23. The molecule has 3 aromatic rings. The SMILES string of the molecule is CSc1cc(-c2ccccc2)nc(NS(=O)(=O)c2ccccc2)n1. The van der Waals surface area contributed by atoms with Crippen LogP contribution >= 0.6 is 11.8 Å². The van der Waals surface area contributed by atoms with Gasteiger partial charge in [0.05, 0.1) is 10.6 Å². The zero-order valence-corrected chi connectivity index (χ0v) is 14.5. The van der Waals surface area contributed by atoms with Gasteiger partial charge < -0.3 is 0 Å². The van der Waals surface area contributed by atoms with E-state index in [9.17, 15) is 8.42 Å². The summed E-state index contributed by atoms with van der Waals surface area (Å²) >= 11 is 1.43. The number of aromatic nitrogens is 2. The number of thioether (sulfide) groups is 1. The first-order valence-corrected chi connectivity index (χ1v) is 9.86. The van der Waals surface area contributed by atoms with E-state index in [1.807, 2.05) is 42.7 Å². The molecule has 7 heteroatoms. The van der Waals surface area contributed by atoms with Crippen molar-refractivity contribution in [2.24, 2.45) is 0 Å². The summed E-state index contributed by atoms with van der Waals surface area (Å²) in [5, 5.41) is 0.689. The number of hydrogen-bond acceptors (Lipinski definition) is 5. The third-order valence-electron chi connectivity index (χ3n) is 3.26. The fourth-order valence-corrected chi connectivity index (χ4v) is 3.48. The van der Waals surface area contributed by atoms with Crippen molar-refractivity contribution in [1.82, 2.24) is 9.97 Å². The molecule has 0 aliphatic carbocycles. The number of nitrogens with zero attached hydrogens (tertiary/aromatic N) is 2. The zero-order chi connectivity index (χ0) is 17.0. The molecule has 0 saturated carbocycles. The lowest BCUT2D eigenvalue weighted by molar-refractivity contribution is 0.600. The number of rotatable bonds is 5. The van der Waals surface area contributed by atoms with Crippen molar-refractivity contribution in [3.8, 4) is 11.3 Å². The molecule has 0 bridgehead atoms. The Morgan fingerprint density at radius 3 is 2.17 bits per heavy atom. The van der Waals surface area contributed by atoms with Crippen molar-refractivity contribution in [2.75, 3.05) is 11.0 Å². The van der Waals surface area contributed by atoms with Crippen molar-refractivity contribution in [1.29, 1.82) is 0 Å². The highest BCUT2D eigenvalue weighted by Gasteiger charge is 2.16. The average molecular weight is 357 g/mol. The summed E-state index contributed by atoms with van der Waals surface area (Å²) < 4.78 is 27.4. The molecule has 0 aliphatic rings. The first-order valence-electron chi connectivity index (χ1n) is 7.15. The number of nitrogens with one attached hydrogen (secondary N) is 1. The largest absolute Gasteiger partial charge is 0.264 e. The molecule has 122 valence electrons. The van der Waals surface area contributed by atoms with Crippen LogP contribution in [0.25, 0.3) is 11.3 Å². The van der Waals surface area contributed by atoms with Crippen LogP contribution in [0.5, 0.6) is 0 Å². The maximum absolute atomic E-state index is 12.5. The summed E-state index contributed by atoms with van der Waals surface area (Å²) in [6, 6.07) is 19.6. The Labute approximate surface area is 145 Å². The molecule has 1 heterocycles. The van der Waals surface area contributed by atoms with Gasteiger partial charge in [0.25, 0.3) is 10.0 Å². The van der Waals surface area contributed by atoms with E-state index in [2.05, 4.69) is 14.7 Å². The van der Waals surface area contributed by atoms with Crippen LogP contribution in [0.1, 0.15) is 0 Å². The summed E-state index contributed by atoms with van der Waals surface area (Å²) in [6.45, 7) is 0. The fraction of sp³-hybridized carbons (Fsp3) is 0.0588. The molecule has 0 atom stereocenters. The minimum atomic E-state index is -3.72. The highest BCUT2D eigenvalue weighted by atomic mass is 32.2. The van der Waals surface area contributed by atoms with Crippen LogP contribution in [-0.2, 0) is 10.0 Å². The van der Waals surface area contributed by atoms with Gasteiger partial charge in [-0.1, -0.05) is 48.5 Å². The molecule has 3 rings (SSSR count). The lowest BCUT2D eigenvalue weighted by Gasteiger charge is -2.09. The summed E-state index contributed by atoms with van der Waals surface area (Å²) in [7, 11) is -3.72. The normalized spacial score (nSPS) is 11.2. The quantitative estimate of drug-likeness (QED) is 0.557. The van der Waals surface area contributed by atoms with Crippen LogP contribution in [0, 0.1) is 0 Å². The molecule has 24 heavy (non-hydrogen) atoms. The minimum Gasteiger partial charge on any atom is -0.247 e. The van der Waals surface area contributed by atoms with Crippen LogP contribution in [0.2, 0.25) is 0 Å². The van der Waals surface area contributed by atoms with Crippen LogP contribution in [0.4, 0.5) is 5.95 Å². The van der Waals surface area contributed by atoms with E-state index in [4.69, 9.17) is 0 Å². The maximum Gasteiger partial charge on any atom is 0.264 e. The molecule has 0 unspecified atom stereocenters. The van der Waals surface area contributed by atoms with E-state index in [0.29, 0.717) is 10.7 Å². The van der Waals surface area contributed by atoms with Crippen molar-refractivity contribution >= 4 is 27.7 Å². The van der Waals surface area contributed by atoms with E-state index in [1.54, 1.807) is 18.2 Å². The van der Waals surface area contributed by atoms with Gasteiger partial charge in [-0.25, -0.2) is 23.1 Å².